The van der Waals surface area contributed by atoms with Gasteiger partial charge in [0.05, 0.1) is 19.4 Å². The van der Waals surface area contributed by atoms with Crippen LogP contribution in [0.5, 0.6) is 0 Å². The fourth-order valence-corrected chi connectivity index (χ4v) is 8.37. The highest BCUT2D eigenvalue weighted by Gasteiger charge is 2.27. The molecular formula is C31H59N8O3P. The molecule has 12 heteroatoms. The number of hydrogen-bond donors (Lipinski definition) is 4. The zero-order valence-electron chi connectivity index (χ0n) is 26.9. The number of anilines is 3. The summed E-state index contributed by atoms with van der Waals surface area (Å²) in [4.78, 5) is 13.9. The molecule has 0 spiro atoms. The van der Waals surface area contributed by atoms with E-state index in [0.29, 0.717) is 43.6 Å². The summed E-state index contributed by atoms with van der Waals surface area (Å²) >= 11 is 0. The highest BCUT2D eigenvalue weighted by atomic mass is 31.2. The van der Waals surface area contributed by atoms with Crippen LogP contribution in [0.15, 0.2) is 6.07 Å². The van der Waals surface area contributed by atoms with Gasteiger partial charge in [-0.1, -0.05) is 19.3 Å². The van der Waals surface area contributed by atoms with Crippen LogP contribution in [0, 0.1) is 11.8 Å². The lowest BCUT2D eigenvalue weighted by Crippen LogP contribution is -2.47. The Morgan fingerprint density at radius 1 is 0.907 bits per heavy atom. The van der Waals surface area contributed by atoms with Gasteiger partial charge in [-0.2, -0.15) is 9.97 Å². The van der Waals surface area contributed by atoms with Crippen LogP contribution in [0.4, 0.5) is 17.6 Å². The third-order valence-corrected chi connectivity index (χ3v) is 11.3. The Morgan fingerprint density at radius 2 is 1.58 bits per heavy atom. The highest BCUT2D eigenvalue weighted by Crippen LogP contribution is 2.47. The summed E-state index contributed by atoms with van der Waals surface area (Å²) in [6.45, 7) is 12.9. The Labute approximate surface area is 260 Å². The van der Waals surface area contributed by atoms with Crippen molar-refractivity contribution in [3.63, 3.8) is 0 Å². The first-order valence-electron chi connectivity index (χ1n) is 17.1. The molecule has 4 rings (SSSR count). The van der Waals surface area contributed by atoms with E-state index in [1.54, 1.807) is 0 Å². The van der Waals surface area contributed by atoms with Gasteiger partial charge in [-0.15, -0.1) is 0 Å². The standard InChI is InChI=1S/C31H59N8O3P/c1-3-41-43(40,42-4-2)22-21-38-17-19-39(20-18-38)30-23-29(32)36-31(37-30)35-25-27-13-11-26(12-14-27)24-33-15-8-16-34-28-9-6-5-7-10-28/h23,26-28,33-34H,3-22,24-25H2,1-2H3,(H3,32,35,36,37)/t26-,27-. The minimum Gasteiger partial charge on any atom is -0.383 e. The van der Waals surface area contributed by atoms with E-state index in [4.69, 9.17) is 19.8 Å². The molecular weight excluding hydrogens is 563 g/mol. The van der Waals surface area contributed by atoms with Crippen molar-refractivity contribution in [2.45, 2.75) is 84.1 Å². The molecule has 0 amide bonds. The van der Waals surface area contributed by atoms with Gasteiger partial charge in [0.25, 0.3) is 0 Å². The van der Waals surface area contributed by atoms with Crippen molar-refractivity contribution in [3.8, 4) is 0 Å². The van der Waals surface area contributed by atoms with Gasteiger partial charge in [0.15, 0.2) is 0 Å². The largest absolute Gasteiger partial charge is 0.383 e. The van der Waals surface area contributed by atoms with Gasteiger partial charge in [-0.05, 0) is 90.3 Å². The van der Waals surface area contributed by atoms with Crippen LogP contribution in [0.3, 0.4) is 0 Å². The fourth-order valence-electron chi connectivity index (χ4n) is 6.73. The number of nitrogens with two attached hydrogens (primary N) is 1. The average Bonchev–Trinajstić information content (AvgIpc) is 3.02. The SMILES string of the molecule is CCOP(=O)(CCN1CCN(c2cc(N)nc(NC[C@H]3CC[C@H](CNCCCNC4CCCCC4)CC3)n2)CC1)OCC. The quantitative estimate of drug-likeness (QED) is 0.136. The van der Waals surface area contributed by atoms with Crippen molar-refractivity contribution >= 4 is 25.2 Å². The Balaban J connectivity index is 1.10. The first kappa shape index (κ1) is 34.4. The predicted molar refractivity (Wildman–Crippen MR) is 177 cm³/mol. The van der Waals surface area contributed by atoms with E-state index >= 15 is 0 Å². The van der Waals surface area contributed by atoms with Crippen LogP contribution in [-0.2, 0) is 13.6 Å². The molecule has 43 heavy (non-hydrogen) atoms. The van der Waals surface area contributed by atoms with Crippen LogP contribution in [0.2, 0.25) is 0 Å². The topological polar surface area (TPSA) is 130 Å². The minimum absolute atomic E-state index is 0.397. The zero-order valence-corrected chi connectivity index (χ0v) is 27.8. The van der Waals surface area contributed by atoms with Crippen molar-refractivity contribution in [3.05, 3.63) is 6.07 Å². The number of nitrogens with one attached hydrogen (secondary N) is 3. The van der Waals surface area contributed by atoms with Gasteiger partial charge in [-0.25, -0.2) is 0 Å². The van der Waals surface area contributed by atoms with Crippen LogP contribution in [0.1, 0.15) is 78.1 Å². The highest BCUT2D eigenvalue weighted by molar-refractivity contribution is 7.53. The lowest BCUT2D eigenvalue weighted by molar-refractivity contribution is 0.209. The molecule has 0 unspecified atom stereocenters. The van der Waals surface area contributed by atoms with Gasteiger partial charge in [0.1, 0.15) is 11.6 Å². The number of aromatic nitrogens is 2. The molecule has 1 aliphatic heterocycles. The molecule has 1 saturated heterocycles. The summed E-state index contributed by atoms with van der Waals surface area (Å²) in [6, 6.07) is 2.63. The molecule has 2 aliphatic carbocycles. The Morgan fingerprint density at radius 3 is 2.26 bits per heavy atom. The van der Waals surface area contributed by atoms with E-state index in [9.17, 15) is 4.57 Å². The minimum atomic E-state index is -3.02. The van der Waals surface area contributed by atoms with E-state index in [1.807, 2.05) is 19.9 Å². The van der Waals surface area contributed by atoms with Crippen LogP contribution >= 0.6 is 7.60 Å². The molecule has 0 bridgehead atoms. The lowest BCUT2D eigenvalue weighted by atomic mass is 9.82. The lowest BCUT2D eigenvalue weighted by Gasteiger charge is -2.36. The van der Waals surface area contributed by atoms with E-state index in [2.05, 4.69) is 30.7 Å². The van der Waals surface area contributed by atoms with E-state index < -0.39 is 7.60 Å². The zero-order chi connectivity index (χ0) is 30.3. The number of nitrogens with zero attached hydrogens (tertiary/aromatic N) is 4. The van der Waals surface area contributed by atoms with Crippen LogP contribution < -0.4 is 26.6 Å². The maximum atomic E-state index is 12.8. The fraction of sp³-hybridized carbons (Fsp3) is 0.871. The summed E-state index contributed by atoms with van der Waals surface area (Å²) < 4.78 is 23.7. The van der Waals surface area contributed by atoms with E-state index in [-0.39, 0.29) is 0 Å². The molecule has 0 atom stereocenters. The molecule has 0 aromatic carbocycles. The van der Waals surface area contributed by atoms with Crippen LogP contribution in [0.25, 0.3) is 0 Å². The summed E-state index contributed by atoms with van der Waals surface area (Å²) in [7, 11) is -3.02. The Kier molecular flexibility index (Phi) is 14.8. The maximum Gasteiger partial charge on any atom is 0.331 e. The van der Waals surface area contributed by atoms with Crippen molar-refractivity contribution in [2.24, 2.45) is 11.8 Å². The van der Waals surface area contributed by atoms with Crippen molar-refractivity contribution < 1.29 is 13.6 Å². The first-order valence-corrected chi connectivity index (χ1v) is 18.9. The molecule has 1 aromatic rings. The smallest absolute Gasteiger partial charge is 0.331 e. The third kappa shape index (κ3) is 12.1. The normalized spacial score (nSPS) is 22.6. The second kappa shape index (κ2) is 18.5. The molecule has 246 valence electrons. The molecule has 3 fully saturated rings. The van der Waals surface area contributed by atoms with Gasteiger partial charge in [0, 0.05) is 51.4 Å². The monoisotopic (exact) mass is 622 g/mol. The molecule has 0 radical (unpaired) electrons. The van der Waals surface area contributed by atoms with Gasteiger partial charge in [0.2, 0.25) is 5.95 Å². The Hall–Kier alpha value is -1.49. The predicted octanol–water partition coefficient (Wildman–Crippen LogP) is 4.57. The molecule has 2 heterocycles. The van der Waals surface area contributed by atoms with Gasteiger partial charge < -0.3 is 35.6 Å². The van der Waals surface area contributed by atoms with Crippen molar-refractivity contribution in [1.29, 1.82) is 0 Å². The number of hydrogen-bond acceptors (Lipinski definition) is 11. The van der Waals surface area contributed by atoms with E-state index in [0.717, 1.165) is 70.1 Å². The summed E-state index contributed by atoms with van der Waals surface area (Å²) in [5, 5.41) is 11.0. The van der Waals surface area contributed by atoms with Crippen LogP contribution in [-0.4, -0.2) is 99.2 Å². The third-order valence-electron chi connectivity index (χ3n) is 9.29. The van der Waals surface area contributed by atoms with E-state index in [1.165, 1.54) is 64.2 Å². The molecule has 5 N–H and O–H groups in total. The molecule has 3 aliphatic rings. The summed E-state index contributed by atoms with van der Waals surface area (Å²) in [5.74, 6) is 3.43. The second-order valence-electron chi connectivity index (χ2n) is 12.6. The number of piperazine rings is 1. The number of nitrogen functional groups attached to an aromatic ring is 1. The molecule has 1 aromatic heterocycles. The Bertz CT molecular complexity index is 956. The first-order chi connectivity index (χ1) is 21.0. The second-order valence-corrected chi connectivity index (χ2v) is 14.8. The van der Waals surface area contributed by atoms with Crippen molar-refractivity contribution in [2.75, 3.05) is 94.2 Å². The molecule has 11 nitrogen and oxygen atoms in total. The van der Waals surface area contributed by atoms with Gasteiger partial charge in [-0.3, -0.25) is 9.46 Å². The van der Waals surface area contributed by atoms with Gasteiger partial charge >= 0.3 is 7.60 Å². The average molecular weight is 623 g/mol. The van der Waals surface area contributed by atoms with Crippen molar-refractivity contribution in [1.82, 2.24) is 25.5 Å². The summed E-state index contributed by atoms with van der Waals surface area (Å²) in [5.41, 5.74) is 6.19. The molecule has 2 saturated carbocycles. The maximum absolute atomic E-state index is 12.8. The summed E-state index contributed by atoms with van der Waals surface area (Å²) in [6.07, 6.45) is 13.7. The number of rotatable bonds is 18.